The van der Waals surface area contributed by atoms with Crippen LogP contribution in [0.25, 0.3) is 11.1 Å². The molecule has 0 spiro atoms. The van der Waals surface area contributed by atoms with Gasteiger partial charge in [0.25, 0.3) is 5.91 Å². The van der Waals surface area contributed by atoms with Gasteiger partial charge >= 0.3 is 0 Å². The van der Waals surface area contributed by atoms with E-state index in [1.807, 2.05) is 6.92 Å². The predicted octanol–water partition coefficient (Wildman–Crippen LogP) is 4.08. The van der Waals surface area contributed by atoms with Gasteiger partial charge in [-0.3, -0.25) is 20.2 Å². The van der Waals surface area contributed by atoms with Crippen molar-refractivity contribution < 1.29 is 9.18 Å². The summed E-state index contributed by atoms with van der Waals surface area (Å²) in [7, 11) is 0. The maximum atomic E-state index is 13.7. The first-order valence-corrected chi connectivity index (χ1v) is 9.77. The lowest BCUT2D eigenvalue weighted by atomic mass is 10.0. The van der Waals surface area contributed by atoms with Crippen LogP contribution >= 0.6 is 22.9 Å². The van der Waals surface area contributed by atoms with E-state index in [4.69, 9.17) is 11.6 Å². The van der Waals surface area contributed by atoms with E-state index in [1.54, 1.807) is 6.07 Å². The number of carbonyl (C=O) groups is 1. The van der Waals surface area contributed by atoms with Crippen molar-refractivity contribution >= 4 is 34.0 Å². The number of nitrogens with zero attached hydrogens (tertiary/aromatic N) is 4. The molecule has 30 heavy (non-hydrogen) atoms. The monoisotopic (exact) mass is 438 g/mol. The van der Waals surface area contributed by atoms with Crippen molar-refractivity contribution in [3.63, 3.8) is 0 Å². The van der Waals surface area contributed by atoms with E-state index >= 15 is 0 Å². The van der Waals surface area contributed by atoms with Crippen molar-refractivity contribution in [2.24, 2.45) is 0 Å². The SMILES string of the molecule is Cc1cc(C#Cc2nnc(NC(=O)c3ccncc3-c3cc(F)ccc3Cl)s2)n[nH]1. The van der Waals surface area contributed by atoms with Gasteiger partial charge in [-0.25, -0.2) is 4.39 Å². The number of hydrogen-bond donors (Lipinski definition) is 2. The zero-order chi connectivity index (χ0) is 21.1. The number of aromatic amines is 1. The molecule has 0 saturated heterocycles. The Morgan fingerprint density at radius 1 is 1.20 bits per heavy atom. The summed E-state index contributed by atoms with van der Waals surface area (Å²) in [5.74, 6) is 4.80. The maximum Gasteiger partial charge on any atom is 0.258 e. The summed E-state index contributed by atoms with van der Waals surface area (Å²) < 4.78 is 13.7. The van der Waals surface area contributed by atoms with E-state index in [0.29, 0.717) is 26.9 Å². The molecule has 0 bridgehead atoms. The van der Waals surface area contributed by atoms with E-state index in [1.165, 1.54) is 36.7 Å². The lowest BCUT2D eigenvalue weighted by Gasteiger charge is -2.10. The van der Waals surface area contributed by atoms with Crippen molar-refractivity contribution in [2.45, 2.75) is 6.92 Å². The normalized spacial score (nSPS) is 10.4. The number of carbonyl (C=O) groups excluding carboxylic acids is 1. The molecule has 0 aliphatic carbocycles. The van der Waals surface area contributed by atoms with Crippen molar-refractivity contribution in [3.05, 3.63) is 75.5 Å². The third-order valence-electron chi connectivity index (χ3n) is 3.93. The molecule has 0 aliphatic rings. The van der Waals surface area contributed by atoms with Gasteiger partial charge in [0.15, 0.2) is 5.01 Å². The Morgan fingerprint density at radius 3 is 2.87 bits per heavy atom. The second-order valence-corrected chi connectivity index (χ2v) is 7.48. The number of rotatable bonds is 3. The highest BCUT2D eigenvalue weighted by atomic mass is 35.5. The molecule has 0 unspecified atom stereocenters. The third kappa shape index (κ3) is 4.35. The number of H-pyrrole nitrogens is 1. The van der Waals surface area contributed by atoms with Gasteiger partial charge in [-0.05, 0) is 49.1 Å². The van der Waals surface area contributed by atoms with Crippen LogP contribution in [0.1, 0.15) is 26.8 Å². The minimum atomic E-state index is -0.468. The summed E-state index contributed by atoms with van der Waals surface area (Å²) in [6.45, 7) is 1.88. The van der Waals surface area contributed by atoms with Crippen molar-refractivity contribution in [1.29, 1.82) is 0 Å². The molecular weight excluding hydrogens is 427 g/mol. The van der Waals surface area contributed by atoms with Gasteiger partial charge in [-0.15, -0.1) is 10.2 Å². The van der Waals surface area contributed by atoms with Crippen LogP contribution in [-0.4, -0.2) is 31.3 Å². The number of hydrogen-bond acceptors (Lipinski definition) is 6. The van der Waals surface area contributed by atoms with Gasteiger partial charge in [-0.2, -0.15) is 5.10 Å². The number of nitrogens with one attached hydrogen (secondary N) is 2. The topological polar surface area (TPSA) is 96.5 Å². The van der Waals surface area contributed by atoms with Gasteiger partial charge < -0.3 is 0 Å². The number of aromatic nitrogens is 5. The average Bonchev–Trinajstić information content (AvgIpc) is 3.36. The second kappa shape index (κ2) is 8.41. The van der Waals surface area contributed by atoms with Crippen LogP contribution in [0.3, 0.4) is 0 Å². The van der Waals surface area contributed by atoms with E-state index in [-0.39, 0.29) is 10.7 Å². The summed E-state index contributed by atoms with van der Waals surface area (Å²) in [4.78, 5) is 16.8. The first-order valence-electron chi connectivity index (χ1n) is 8.58. The van der Waals surface area contributed by atoms with Gasteiger partial charge in [0.2, 0.25) is 5.13 Å². The molecule has 2 N–H and O–H groups in total. The summed E-state index contributed by atoms with van der Waals surface area (Å²) in [6, 6.07) is 7.26. The Kier molecular flexibility index (Phi) is 5.52. The van der Waals surface area contributed by atoms with Crippen molar-refractivity contribution in [2.75, 3.05) is 5.32 Å². The number of amides is 1. The molecule has 0 atom stereocenters. The Labute approximate surface area is 179 Å². The molecule has 0 radical (unpaired) electrons. The molecule has 4 rings (SSSR count). The molecular formula is C20H12ClFN6OS. The zero-order valence-corrected chi connectivity index (χ0v) is 17.0. The van der Waals surface area contributed by atoms with Gasteiger partial charge in [0.1, 0.15) is 11.5 Å². The van der Waals surface area contributed by atoms with Crippen LogP contribution in [0.15, 0.2) is 42.7 Å². The van der Waals surface area contributed by atoms with Crippen LogP contribution in [-0.2, 0) is 0 Å². The predicted molar refractivity (Wildman–Crippen MR) is 112 cm³/mol. The Hall–Kier alpha value is -3.61. The first kappa shape index (κ1) is 19.7. The lowest BCUT2D eigenvalue weighted by Crippen LogP contribution is -2.13. The fourth-order valence-corrected chi connectivity index (χ4v) is 3.41. The van der Waals surface area contributed by atoms with Crippen LogP contribution < -0.4 is 5.32 Å². The summed E-state index contributed by atoms with van der Waals surface area (Å²) in [6.07, 6.45) is 2.92. The van der Waals surface area contributed by atoms with E-state index < -0.39 is 11.7 Å². The number of halogens is 2. The molecule has 4 aromatic rings. The Morgan fingerprint density at radius 2 is 2.07 bits per heavy atom. The maximum absolute atomic E-state index is 13.7. The smallest absolute Gasteiger partial charge is 0.258 e. The summed E-state index contributed by atoms with van der Waals surface area (Å²) in [5.41, 5.74) is 2.52. The third-order valence-corrected chi connectivity index (χ3v) is 5.02. The average molecular weight is 439 g/mol. The van der Waals surface area contributed by atoms with Crippen LogP contribution in [0, 0.1) is 24.6 Å². The van der Waals surface area contributed by atoms with Crippen LogP contribution in [0.5, 0.6) is 0 Å². The minimum absolute atomic E-state index is 0.271. The zero-order valence-electron chi connectivity index (χ0n) is 15.4. The summed E-state index contributed by atoms with van der Waals surface area (Å²) >= 11 is 7.31. The van der Waals surface area contributed by atoms with Gasteiger partial charge in [-0.1, -0.05) is 22.9 Å². The fourth-order valence-electron chi connectivity index (χ4n) is 2.60. The first-order chi connectivity index (χ1) is 14.5. The quantitative estimate of drug-likeness (QED) is 0.470. The highest BCUT2D eigenvalue weighted by molar-refractivity contribution is 7.15. The van der Waals surface area contributed by atoms with E-state index in [9.17, 15) is 9.18 Å². The van der Waals surface area contributed by atoms with Crippen LogP contribution in [0.2, 0.25) is 5.02 Å². The number of pyridine rings is 1. The molecule has 3 aromatic heterocycles. The number of anilines is 1. The minimum Gasteiger partial charge on any atom is -0.296 e. The molecule has 0 saturated carbocycles. The summed E-state index contributed by atoms with van der Waals surface area (Å²) in [5, 5.41) is 18.4. The van der Waals surface area contributed by atoms with Gasteiger partial charge in [0.05, 0.1) is 5.56 Å². The van der Waals surface area contributed by atoms with E-state index in [2.05, 4.69) is 42.5 Å². The van der Waals surface area contributed by atoms with Crippen LogP contribution in [0.4, 0.5) is 9.52 Å². The highest BCUT2D eigenvalue weighted by Crippen LogP contribution is 2.31. The molecule has 0 fully saturated rings. The lowest BCUT2D eigenvalue weighted by molar-refractivity contribution is 0.102. The fraction of sp³-hybridized carbons (Fsp3) is 0.0500. The standard InChI is InChI=1S/C20H12ClFN6OS/c1-11-8-13(26-25-11)3-5-18-27-28-20(30-18)24-19(29)14-6-7-23-10-16(14)15-9-12(22)2-4-17(15)21/h2,4,6-10H,1H3,(H,25,26)(H,24,28,29). The Balaban J connectivity index is 1.56. The molecule has 148 valence electrons. The molecule has 3 heterocycles. The van der Waals surface area contributed by atoms with Gasteiger partial charge in [0, 0.05) is 34.2 Å². The highest BCUT2D eigenvalue weighted by Gasteiger charge is 2.17. The molecule has 1 aromatic carbocycles. The molecule has 0 aliphatic heterocycles. The van der Waals surface area contributed by atoms with E-state index in [0.717, 1.165) is 17.0 Å². The largest absolute Gasteiger partial charge is 0.296 e. The molecule has 1 amide bonds. The molecule has 7 nitrogen and oxygen atoms in total. The second-order valence-electron chi connectivity index (χ2n) is 6.10. The Bertz CT molecular complexity index is 1310. The molecule has 10 heteroatoms. The van der Waals surface area contributed by atoms with Crippen molar-refractivity contribution in [1.82, 2.24) is 25.4 Å². The number of benzene rings is 1. The number of aryl methyl sites for hydroxylation is 1. The van der Waals surface area contributed by atoms with Crippen molar-refractivity contribution in [3.8, 4) is 23.0 Å².